The maximum Gasteiger partial charge on any atom is 0.231 e. The van der Waals surface area contributed by atoms with E-state index in [9.17, 15) is 4.39 Å². The highest BCUT2D eigenvalue weighted by molar-refractivity contribution is 4.99. The van der Waals surface area contributed by atoms with Gasteiger partial charge in [0.05, 0.1) is 12.7 Å². The minimum Gasteiger partial charge on any atom is -0.441 e. The Bertz CT molecular complexity index is 239. The zero-order valence-electron chi connectivity index (χ0n) is 6.60. The Labute approximate surface area is 64.4 Å². The molecule has 0 radical (unpaired) electrons. The number of oxazole rings is 1. The molecule has 1 aromatic rings. The maximum absolute atomic E-state index is 13.1. The van der Waals surface area contributed by atoms with E-state index in [1.807, 2.05) is 0 Å². The normalized spacial score (nSPS) is 12.0. The fraction of sp³-hybridized carbons (Fsp3) is 0.571. The third-order valence-electron chi connectivity index (χ3n) is 1.26. The summed E-state index contributed by atoms with van der Waals surface area (Å²) in [5, 5.41) is 0. The molecule has 0 aliphatic rings. The SMILES string of the molecule is CC(C)(F)c1ncc(CN)o1. The third-order valence-corrected chi connectivity index (χ3v) is 1.26. The molecule has 11 heavy (non-hydrogen) atoms. The smallest absolute Gasteiger partial charge is 0.231 e. The molecule has 0 amide bonds. The lowest BCUT2D eigenvalue weighted by atomic mass is 10.2. The van der Waals surface area contributed by atoms with E-state index in [0.29, 0.717) is 5.76 Å². The molecule has 1 rings (SSSR count). The van der Waals surface area contributed by atoms with E-state index in [1.165, 1.54) is 20.0 Å². The molecule has 0 bridgehead atoms. The minimum absolute atomic E-state index is 0.0814. The molecule has 0 fully saturated rings. The summed E-state index contributed by atoms with van der Waals surface area (Å²) >= 11 is 0. The topological polar surface area (TPSA) is 52.0 Å². The number of rotatable bonds is 2. The van der Waals surface area contributed by atoms with Crippen molar-refractivity contribution >= 4 is 0 Å². The predicted molar refractivity (Wildman–Crippen MR) is 38.5 cm³/mol. The van der Waals surface area contributed by atoms with Crippen molar-refractivity contribution in [2.45, 2.75) is 26.1 Å². The first-order valence-electron chi connectivity index (χ1n) is 3.38. The number of hydrogen-bond acceptors (Lipinski definition) is 3. The van der Waals surface area contributed by atoms with Gasteiger partial charge in [0, 0.05) is 0 Å². The van der Waals surface area contributed by atoms with Crippen LogP contribution in [0.15, 0.2) is 10.6 Å². The Morgan fingerprint density at radius 3 is 2.64 bits per heavy atom. The van der Waals surface area contributed by atoms with Gasteiger partial charge >= 0.3 is 0 Å². The number of alkyl halides is 1. The van der Waals surface area contributed by atoms with Gasteiger partial charge in [-0.15, -0.1) is 0 Å². The van der Waals surface area contributed by atoms with Gasteiger partial charge in [-0.1, -0.05) is 0 Å². The lowest BCUT2D eigenvalue weighted by Gasteiger charge is -2.07. The van der Waals surface area contributed by atoms with E-state index in [-0.39, 0.29) is 12.4 Å². The predicted octanol–water partition coefficient (Wildman–Crippen LogP) is 1.34. The summed E-state index contributed by atoms with van der Waals surface area (Å²) in [4.78, 5) is 3.74. The van der Waals surface area contributed by atoms with Crippen LogP contribution in [0.1, 0.15) is 25.5 Å². The van der Waals surface area contributed by atoms with Crippen LogP contribution >= 0.6 is 0 Å². The Morgan fingerprint density at radius 2 is 2.36 bits per heavy atom. The zero-order valence-corrected chi connectivity index (χ0v) is 6.60. The van der Waals surface area contributed by atoms with Gasteiger partial charge in [-0.2, -0.15) is 0 Å². The molecule has 0 saturated carbocycles. The molecule has 0 spiro atoms. The highest BCUT2D eigenvalue weighted by Gasteiger charge is 2.24. The van der Waals surface area contributed by atoms with Gasteiger partial charge in [-0.25, -0.2) is 9.37 Å². The van der Waals surface area contributed by atoms with E-state index in [4.69, 9.17) is 10.2 Å². The Hall–Kier alpha value is -0.900. The van der Waals surface area contributed by atoms with Crippen LogP contribution in [0.2, 0.25) is 0 Å². The molecule has 1 heterocycles. The second-order valence-corrected chi connectivity index (χ2v) is 2.81. The maximum atomic E-state index is 13.1. The molecule has 2 N–H and O–H groups in total. The Balaban J connectivity index is 2.89. The molecule has 62 valence electrons. The van der Waals surface area contributed by atoms with Gasteiger partial charge < -0.3 is 10.2 Å². The highest BCUT2D eigenvalue weighted by atomic mass is 19.1. The fourth-order valence-corrected chi connectivity index (χ4v) is 0.677. The number of aromatic nitrogens is 1. The molecule has 3 nitrogen and oxygen atoms in total. The van der Waals surface area contributed by atoms with Crippen molar-refractivity contribution in [2.75, 3.05) is 0 Å². The van der Waals surface area contributed by atoms with Crippen LogP contribution in [-0.4, -0.2) is 4.98 Å². The van der Waals surface area contributed by atoms with Crippen LogP contribution in [0.4, 0.5) is 4.39 Å². The summed E-state index contributed by atoms with van der Waals surface area (Å²) in [7, 11) is 0. The first kappa shape index (κ1) is 8.20. The van der Waals surface area contributed by atoms with Crippen molar-refractivity contribution in [3.05, 3.63) is 17.8 Å². The first-order valence-corrected chi connectivity index (χ1v) is 3.38. The molecule has 0 atom stereocenters. The van der Waals surface area contributed by atoms with Crippen molar-refractivity contribution in [2.24, 2.45) is 5.73 Å². The van der Waals surface area contributed by atoms with Gasteiger partial charge in [0.25, 0.3) is 0 Å². The quantitative estimate of drug-likeness (QED) is 0.706. The van der Waals surface area contributed by atoms with Crippen molar-refractivity contribution < 1.29 is 8.81 Å². The standard InChI is InChI=1S/C7H11FN2O/c1-7(2,8)6-10-4-5(3-9)11-6/h4H,3,9H2,1-2H3. The molecule has 1 aromatic heterocycles. The van der Waals surface area contributed by atoms with Crippen LogP contribution in [0.3, 0.4) is 0 Å². The van der Waals surface area contributed by atoms with Gasteiger partial charge in [0.2, 0.25) is 5.89 Å². The number of nitrogens with two attached hydrogens (primary N) is 1. The lowest BCUT2D eigenvalue weighted by molar-refractivity contribution is 0.167. The van der Waals surface area contributed by atoms with Gasteiger partial charge in [-0.3, -0.25) is 0 Å². The van der Waals surface area contributed by atoms with Gasteiger partial charge in [0.1, 0.15) is 5.76 Å². The summed E-state index contributed by atoms with van der Waals surface area (Å²) in [6, 6.07) is 0. The third kappa shape index (κ3) is 1.77. The highest BCUT2D eigenvalue weighted by Crippen LogP contribution is 2.23. The van der Waals surface area contributed by atoms with Crippen molar-refractivity contribution in [3.63, 3.8) is 0 Å². The van der Waals surface area contributed by atoms with Crippen molar-refractivity contribution in [1.29, 1.82) is 0 Å². The first-order chi connectivity index (χ1) is 5.04. The number of halogens is 1. The van der Waals surface area contributed by atoms with Gasteiger partial charge in [0.15, 0.2) is 5.67 Å². The molecule has 0 saturated heterocycles. The second-order valence-electron chi connectivity index (χ2n) is 2.81. The summed E-state index contributed by atoms with van der Waals surface area (Å²) in [6.45, 7) is 3.03. The largest absolute Gasteiger partial charge is 0.441 e. The summed E-state index contributed by atoms with van der Waals surface area (Å²) in [6.07, 6.45) is 1.44. The summed E-state index contributed by atoms with van der Waals surface area (Å²) < 4.78 is 18.1. The number of hydrogen-bond donors (Lipinski definition) is 1. The average molecular weight is 158 g/mol. The molecular weight excluding hydrogens is 147 g/mol. The van der Waals surface area contributed by atoms with E-state index >= 15 is 0 Å². The Morgan fingerprint density at radius 1 is 1.73 bits per heavy atom. The van der Waals surface area contributed by atoms with Gasteiger partial charge in [-0.05, 0) is 13.8 Å². The molecule has 0 unspecified atom stereocenters. The molecule has 0 aromatic carbocycles. The average Bonchev–Trinajstić information content (AvgIpc) is 2.32. The van der Waals surface area contributed by atoms with E-state index in [0.717, 1.165) is 0 Å². The molecule has 0 aliphatic carbocycles. The van der Waals surface area contributed by atoms with Crippen LogP contribution < -0.4 is 5.73 Å². The van der Waals surface area contributed by atoms with E-state index < -0.39 is 5.67 Å². The monoisotopic (exact) mass is 158 g/mol. The zero-order chi connectivity index (χ0) is 8.48. The number of nitrogens with zero attached hydrogens (tertiary/aromatic N) is 1. The minimum atomic E-state index is -1.52. The second kappa shape index (κ2) is 2.62. The van der Waals surface area contributed by atoms with Crippen LogP contribution in [0.5, 0.6) is 0 Å². The van der Waals surface area contributed by atoms with Crippen LogP contribution in [-0.2, 0) is 12.2 Å². The van der Waals surface area contributed by atoms with E-state index in [2.05, 4.69) is 4.98 Å². The van der Waals surface area contributed by atoms with Crippen LogP contribution in [0, 0.1) is 0 Å². The summed E-state index contributed by atoms with van der Waals surface area (Å²) in [5.74, 6) is 0.587. The molecular formula is C7H11FN2O. The van der Waals surface area contributed by atoms with E-state index in [1.54, 1.807) is 0 Å². The molecule has 0 aliphatic heterocycles. The van der Waals surface area contributed by atoms with Crippen molar-refractivity contribution in [3.8, 4) is 0 Å². The lowest BCUT2D eigenvalue weighted by Crippen LogP contribution is -2.08. The molecule has 4 heteroatoms. The Kier molecular flexibility index (Phi) is 1.95. The fourth-order valence-electron chi connectivity index (χ4n) is 0.677. The van der Waals surface area contributed by atoms with Crippen molar-refractivity contribution in [1.82, 2.24) is 4.98 Å². The summed E-state index contributed by atoms with van der Waals surface area (Å²) in [5.41, 5.74) is 3.73. The van der Waals surface area contributed by atoms with Crippen LogP contribution in [0.25, 0.3) is 0 Å².